The van der Waals surface area contributed by atoms with E-state index < -0.39 is 5.97 Å². The summed E-state index contributed by atoms with van der Waals surface area (Å²) in [7, 11) is 1.56. The average Bonchev–Trinajstić information content (AvgIpc) is 2.92. The van der Waals surface area contributed by atoms with Gasteiger partial charge in [-0.1, -0.05) is 19.1 Å². The highest BCUT2D eigenvalue weighted by atomic mass is 16.5. The molecule has 0 aliphatic rings. The first-order chi connectivity index (χ1) is 12.4. The molecule has 0 atom stereocenters. The summed E-state index contributed by atoms with van der Waals surface area (Å²) in [5.41, 5.74) is 1.91. The molecule has 0 aliphatic carbocycles. The number of aromatic carboxylic acids is 1. The van der Waals surface area contributed by atoms with Crippen LogP contribution in [-0.4, -0.2) is 30.5 Å². The number of rotatable bonds is 8. The molecule has 6 nitrogen and oxygen atoms in total. The van der Waals surface area contributed by atoms with Gasteiger partial charge in [0, 0.05) is 11.3 Å². The van der Waals surface area contributed by atoms with Crippen molar-refractivity contribution in [3.05, 3.63) is 52.4 Å². The molecule has 2 aromatic rings. The number of ketones is 1. The van der Waals surface area contributed by atoms with E-state index in [1.54, 1.807) is 39.2 Å². The van der Waals surface area contributed by atoms with Crippen molar-refractivity contribution in [3.8, 4) is 11.5 Å². The number of carboxylic acids is 1. The number of aromatic amines is 1. The predicted octanol–water partition coefficient (Wildman–Crippen LogP) is 2.69. The van der Waals surface area contributed by atoms with Crippen molar-refractivity contribution in [2.75, 3.05) is 13.7 Å². The summed E-state index contributed by atoms with van der Waals surface area (Å²) in [6, 6.07) is 5.39. The van der Waals surface area contributed by atoms with Gasteiger partial charge in [0.2, 0.25) is 0 Å². The Balaban J connectivity index is 2.24. The van der Waals surface area contributed by atoms with Crippen LogP contribution < -0.4 is 14.6 Å². The molecule has 0 unspecified atom stereocenters. The molecular formula is C20H22NO5-. The first-order valence-corrected chi connectivity index (χ1v) is 8.32. The maximum Gasteiger partial charge on any atom is 0.187 e. The lowest BCUT2D eigenvalue weighted by molar-refractivity contribution is -0.255. The monoisotopic (exact) mass is 356 g/mol. The number of benzene rings is 1. The minimum absolute atomic E-state index is 0.0710. The van der Waals surface area contributed by atoms with E-state index in [0.29, 0.717) is 34.9 Å². The third-order valence-electron chi connectivity index (χ3n) is 3.96. The highest BCUT2D eigenvalue weighted by molar-refractivity contribution is 6.10. The molecule has 0 bridgehead atoms. The molecule has 6 heteroatoms. The molecule has 0 spiro atoms. The van der Waals surface area contributed by atoms with Crippen LogP contribution in [0.15, 0.2) is 24.3 Å². The molecule has 1 aromatic carbocycles. The maximum absolute atomic E-state index is 12.5. The molecule has 0 radical (unpaired) electrons. The second-order valence-electron chi connectivity index (χ2n) is 5.87. The zero-order valence-electron chi connectivity index (χ0n) is 15.3. The number of hydrogen-bond acceptors (Lipinski definition) is 5. The second kappa shape index (κ2) is 8.38. The number of aromatic nitrogens is 1. The number of hydrogen-bond donors (Lipinski definition) is 1. The number of aryl methyl sites for hydroxylation is 1. The van der Waals surface area contributed by atoms with Crippen LogP contribution in [0.2, 0.25) is 0 Å². The van der Waals surface area contributed by atoms with Gasteiger partial charge in [-0.25, -0.2) is 0 Å². The van der Waals surface area contributed by atoms with E-state index in [9.17, 15) is 14.7 Å². The van der Waals surface area contributed by atoms with Crippen molar-refractivity contribution in [2.24, 2.45) is 0 Å². The molecule has 0 saturated carbocycles. The fraction of sp³-hybridized carbons (Fsp3) is 0.300. The molecule has 0 fully saturated rings. The van der Waals surface area contributed by atoms with Gasteiger partial charge in [0.1, 0.15) is 0 Å². The largest absolute Gasteiger partial charge is 0.543 e. The molecule has 1 heterocycles. The third-order valence-corrected chi connectivity index (χ3v) is 3.96. The van der Waals surface area contributed by atoms with Gasteiger partial charge in [0.25, 0.3) is 0 Å². The summed E-state index contributed by atoms with van der Waals surface area (Å²) in [6.07, 6.45) is 3.95. The fourth-order valence-corrected chi connectivity index (χ4v) is 2.70. The Labute approximate surface area is 152 Å². The summed E-state index contributed by atoms with van der Waals surface area (Å²) in [6.45, 7) is 5.85. The molecule has 0 aliphatic heterocycles. The van der Waals surface area contributed by atoms with Crippen LogP contribution in [0.4, 0.5) is 0 Å². The number of methoxy groups -OCH3 is 1. The lowest BCUT2D eigenvalue weighted by atomic mass is 10.0. The minimum atomic E-state index is -1.33. The summed E-state index contributed by atoms with van der Waals surface area (Å²) in [4.78, 5) is 26.2. The van der Waals surface area contributed by atoms with E-state index in [2.05, 4.69) is 4.98 Å². The van der Waals surface area contributed by atoms with Crippen molar-refractivity contribution in [3.63, 3.8) is 0 Å². The van der Waals surface area contributed by atoms with Crippen LogP contribution >= 0.6 is 0 Å². The highest BCUT2D eigenvalue weighted by Crippen LogP contribution is 2.29. The summed E-state index contributed by atoms with van der Waals surface area (Å²) < 4.78 is 10.9. The third kappa shape index (κ3) is 4.14. The van der Waals surface area contributed by atoms with Gasteiger partial charge in [0.15, 0.2) is 17.3 Å². The second-order valence-corrected chi connectivity index (χ2v) is 5.87. The van der Waals surface area contributed by atoms with Crippen molar-refractivity contribution < 1.29 is 24.2 Å². The van der Waals surface area contributed by atoms with E-state index in [1.165, 1.54) is 6.08 Å². The van der Waals surface area contributed by atoms with Gasteiger partial charge < -0.3 is 24.4 Å². The Morgan fingerprint density at radius 2 is 1.96 bits per heavy atom. The SMILES string of the molecule is CCCOc1ccc(/C=C/C(=O)c2c(C)[nH]c(C(=O)[O-])c2C)cc1OC. The van der Waals surface area contributed by atoms with E-state index in [-0.39, 0.29) is 11.5 Å². The maximum atomic E-state index is 12.5. The van der Waals surface area contributed by atoms with Crippen LogP contribution in [0.5, 0.6) is 11.5 Å². The summed E-state index contributed by atoms with van der Waals surface area (Å²) >= 11 is 0. The van der Waals surface area contributed by atoms with Crippen LogP contribution in [0.25, 0.3) is 6.08 Å². The van der Waals surface area contributed by atoms with E-state index in [4.69, 9.17) is 9.47 Å². The molecule has 138 valence electrons. The van der Waals surface area contributed by atoms with Crippen LogP contribution in [0.1, 0.15) is 51.0 Å². The predicted molar refractivity (Wildman–Crippen MR) is 96.7 cm³/mol. The fourth-order valence-electron chi connectivity index (χ4n) is 2.70. The normalized spacial score (nSPS) is 10.9. The molecule has 0 amide bonds. The molecule has 26 heavy (non-hydrogen) atoms. The Kier molecular flexibility index (Phi) is 6.22. The Morgan fingerprint density at radius 3 is 2.54 bits per heavy atom. The van der Waals surface area contributed by atoms with Gasteiger partial charge in [-0.05, 0) is 49.6 Å². The number of carboxylic acid groups (broad SMARTS) is 1. The van der Waals surface area contributed by atoms with Crippen molar-refractivity contribution >= 4 is 17.8 Å². The van der Waals surface area contributed by atoms with E-state index in [0.717, 1.165) is 12.0 Å². The van der Waals surface area contributed by atoms with Crippen LogP contribution in [0, 0.1) is 13.8 Å². The van der Waals surface area contributed by atoms with Gasteiger partial charge in [-0.3, -0.25) is 4.79 Å². The van der Waals surface area contributed by atoms with Gasteiger partial charge >= 0.3 is 0 Å². The molecule has 1 N–H and O–H groups in total. The first kappa shape index (κ1) is 19.3. The van der Waals surface area contributed by atoms with Crippen LogP contribution in [-0.2, 0) is 0 Å². The minimum Gasteiger partial charge on any atom is -0.543 e. The Morgan fingerprint density at radius 1 is 1.23 bits per heavy atom. The lowest BCUT2D eigenvalue weighted by Crippen LogP contribution is -2.23. The van der Waals surface area contributed by atoms with Gasteiger partial charge in [0.05, 0.1) is 25.4 Å². The van der Waals surface area contributed by atoms with E-state index in [1.807, 2.05) is 13.0 Å². The Bertz CT molecular complexity index is 848. The topological polar surface area (TPSA) is 91.5 Å². The quantitative estimate of drug-likeness (QED) is 0.580. The first-order valence-electron chi connectivity index (χ1n) is 8.32. The standard InChI is InChI=1S/C20H23NO5/c1-5-10-26-16-9-7-14(11-17(16)25-4)6-8-15(22)18-12(2)19(20(23)24)21-13(18)3/h6-9,11,21H,5,10H2,1-4H3,(H,23,24)/p-1/b8-6+. The number of ether oxygens (including phenoxy) is 2. The Hall–Kier alpha value is -3.02. The van der Waals surface area contributed by atoms with Gasteiger partial charge in [-0.15, -0.1) is 0 Å². The summed E-state index contributed by atoms with van der Waals surface area (Å²) in [5.74, 6) is -0.384. The molecule has 1 aromatic heterocycles. The van der Waals surface area contributed by atoms with Crippen molar-refractivity contribution in [1.29, 1.82) is 0 Å². The zero-order valence-corrected chi connectivity index (χ0v) is 15.3. The van der Waals surface area contributed by atoms with Gasteiger partial charge in [-0.2, -0.15) is 0 Å². The smallest absolute Gasteiger partial charge is 0.187 e. The zero-order chi connectivity index (χ0) is 19.3. The van der Waals surface area contributed by atoms with Crippen molar-refractivity contribution in [2.45, 2.75) is 27.2 Å². The average molecular weight is 356 g/mol. The number of nitrogens with one attached hydrogen (secondary N) is 1. The highest BCUT2D eigenvalue weighted by Gasteiger charge is 2.16. The van der Waals surface area contributed by atoms with E-state index >= 15 is 0 Å². The summed E-state index contributed by atoms with van der Waals surface area (Å²) in [5, 5.41) is 11.1. The number of carbonyl (C=O) groups excluding carboxylic acids is 2. The van der Waals surface area contributed by atoms with Crippen LogP contribution in [0.3, 0.4) is 0 Å². The molecule has 2 rings (SSSR count). The lowest BCUT2D eigenvalue weighted by Gasteiger charge is -2.10. The molecular weight excluding hydrogens is 334 g/mol. The number of H-pyrrole nitrogens is 1. The molecule has 0 saturated heterocycles. The van der Waals surface area contributed by atoms with Crippen molar-refractivity contribution in [1.82, 2.24) is 4.98 Å². The number of allylic oxidation sites excluding steroid dienone is 1. The number of carbonyl (C=O) groups is 2.